The summed E-state index contributed by atoms with van der Waals surface area (Å²) in [5, 5.41) is 0. The molecule has 1 rings (SSSR count). The molecule has 0 aromatic heterocycles. The molecule has 3 atom stereocenters. The molecular formula is C16H29NO4. The molecule has 5 nitrogen and oxygen atoms in total. The Labute approximate surface area is 128 Å². The fourth-order valence-corrected chi connectivity index (χ4v) is 2.85. The summed E-state index contributed by atoms with van der Waals surface area (Å²) in [5.74, 6) is 0.684. The Morgan fingerprint density at radius 3 is 2.62 bits per heavy atom. The lowest BCUT2D eigenvalue weighted by Gasteiger charge is -2.24. The van der Waals surface area contributed by atoms with Gasteiger partial charge in [0.1, 0.15) is 5.78 Å². The molecule has 0 aromatic rings. The number of hydrogen-bond acceptors (Lipinski definition) is 4. The van der Waals surface area contributed by atoms with Crippen molar-refractivity contribution in [3.05, 3.63) is 0 Å². The first-order valence-corrected chi connectivity index (χ1v) is 7.84. The van der Waals surface area contributed by atoms with Gasteiger partial charge in [-0.1, -0.05) is 13.8 Å². The molecule has 0 aliphatic carbocycles. The lowest BCUT2D eigenvalue weighted by molar-refractivity contribution is -0.133. The van der Waals surface area contributed by atoms with Crippen molar-refractivity contribution in [1.82, 2.24) is 4.90 Å². The highest BCUT2D eigenvalue weighted by Gasteiger charge is 2.34. The van der Waals surface area contributed by atoms with Crippen molar-refractivity contribution >= 4 is 11.7 Å². The minimum Gasteiger partial charge on any atom is -0.383 e. The van der Waals surface area contributed by atoms with Crippen LogP contribution in [-0.4, -0.2) is 56.1 Å². The number of ether oxygens (including phenoxy) is 2. The zero-order valence-corrected chi connectivity index (χ0v) is 13.8. The van der Waals surface area contributed by atoms with Gasteiger partial charge in [0, 0.05) is 40.0 Å². The van der Waals surface area contributed by atoms with Crippen molar-refractivity contribution < 1.29 is 19.1 Å². The van der Waals surface area contributed by atoms with Crippen LogP contribution < -0.4 is 0 Å². The maximum Gasteiger partial charge on any atom is 0.222 e. The average molecular weight is 299 g/mol. The minimum absolute atomic E-state index is 0.105. The van der Waals surface area contributed by atoms with E-state index in [1.807, 2.05) is 18.7 Å². The molecular weight excluding hydrogens is 270 g/mol. The summed E-state index contributed by atoms with van der Waals surface area (Å²) >= 11 is 0. The van der Waals surface area contributed by atoms with Crippen LogP contribution in [0.5, 0.6) is 0 Å². The third-order valence-corrected chi connectivity index (χ3v) is 4.21. The second kappa shape index (κ2) is 9.15. The van der Waals surface area contributed by atoms with Gasteiger partial charge in [-0.25, -0.2) is 0 Å². The van der Waals surface area contributed by atoms with E-state index in [1.54, 1.807) is 14.2 Å². The van der Waals surface area contributed by atoms with Crippen LogP contribution in [0.1, 0.15) is 46.0 Å². The quantitative estimate of drug-likeness (QED) is 0.654. The molecule has 1 fully saturated rings. The van der Waals surface area contributed by atoms with E-state index in [9.17, 15) is 9.59 Å². The van der Waals surface area contributed by atoms with Crippen LogP contribution in [0, 0.1) is 5.92 Å². The van der Waals surface area contributed by atoms with Crippen LogP contribution in [0.15, 0.2) is 0 Å². The molecule has 1 aliphatic heterocycles. The first-order chi connectivity index (χ1) is 10.0. The zero-order chi connectivity index (χ0) is 15.8. The third kappa shape index (κ3) is 5.75. The average Bonchev–Trinajstić information content (AvgIpc) is 2.88. The first kappa shape index (κ1) is 18.1. The Hall–Kier alpha value is -0.940. The SMILES string of the molecule is CCC(=O)CC(C)CCC(=O)N1C[C@H](OC)C[C@H]1COC. The van der Waals surface area contributed by atoms with E-state index in [4.69, 9.17) is 9.47 Å². The number of rotatable bonds is 9. The van der Waals surface area contributed by atoms with E-state index < -0.39 is 0 Å². The molecule has 5 heteroatoms. The molecule has 122 valence electrons. The van der Waals surface area contributed by atoms with E-state index in [1.165, 1.54) is 0 Å². The molecule has 21 heavy (non-hydrogen) atoms. The summed E-state index contributed by atoms with van der Waals surface area (Å²) in [4.78, 5) is 25.7. The van der Waals surface area contributed by atoms with Crippen LogP contribution in [0.3, 0.4) is 0 Å². The Morgan fingerprint density at radius 1 is 1.33 bits per heavy atom. The van der Waals surface area contributed by atoms with Crippen LogP contribution >= 0.6 is 0 Å². The van der Waals surface area contributed by atoms with Gasteiger partial charge in [-0.15, -0.1) is 0 Å². The molecule has 0 saturated carbocycles. The topological polar surface area (TPSA) is 55.8 Å². The van der Waals surface area contributed by atoms with Gasteiger partial charge in [0.05, 0.1) is 18.8 Å². The van der Waals surface area contributed by atoms with Crippen molar-refractivity contribution in [2.75, 3.05) is 27.4 Å². The number of likely N-dealkylation sites (tertiary alicyclic amines) is 1. The monoisotopic (exact) mass is 299 g/mol. The predicted molar refractivity (Wildman–Crippen MR) is 81.1 cm³/mol. The number of hydrogen-bond donors (Lipinski definition) is 0. The van der Waals surface area contributed by atoms with Crippen molar-refractivity contribution in [2.45, 2.75) is 58.1 Å². The van der Waals surface area contributed by atoms with E-state index in [0.717, 1.165) is 12.8 Å². The number of ketones is 1. The Kier molecular flexibility index (Phi) is 7.89. The van der Waals surface area contributed by atoms with Gasteiger partial charge in [0.2, 0.25) is 5.91 Å². The second-order valence-corrected chi connectivity index (χ2v) is 5.99. The Bertz CT molecular complexity index is 345. The number of carbonyl (C=O) groups excluding carboxylic acids is 2. The van der Waals surface area contributed by atoms with Crippen molar-refractivity contribution in [1.29, 1.82) is 0 Å². The van der Waals surface area contributed by atoms with Crippen LogP contribution in [-0.2, 0) is 19.1 Å². The molecule has 1 aliphatic rings. The first-order valence-electron chi connectivity index (χ1n) is 7.84. The minimum atomic E-state index is 0.105. The molecule has 1 saturated heterocycles. The van der Waals surface area contributed by atoms with Crippen molar-refractivity contribution in [3.63, 3.8) is 0 Å². The number of nitrogens with zero attached hydrogens (tertiary/aromatic N) is 1. The smallest absolute Gasteiger partial charge is 0.222 e. The van der Waals surface area contributed by atoms with E-state index in [-0.39, 0.29) is 29.8 Å². The van der Waals surface area contributed by atoms with Gasteiger partial charge >= 0.3 is 0 Å². The van der Waals surface area contributed by atoms with Gasteiger partial charge in [-0.3, -0.25) is 9.59 Å². The fourth-order valence-electron chi connectivity index (χ4n) is 2.85. The van der Waals surface area contributed by atoms with Gasteiger partial charge in [-0.05, 0) is 18.8 Å². The van der Waals surface area contributed by atoms with Gasteiger partial charge in [-0.2, -0.15) is 0 Å². The molecule has 0 spiro atoms. The number of carbonyl (C=O) groups is 2. The fraction of sp³-hybridized carbons (Fsp3) is 0.875. The van der Waals surface area contributed by atoms with Gasteiger partial charge < -0.3 is 14.4 Å². The molecule has 1 unspecified atom stereocenters. The molecule has 0 N–H and O–H groups in total. The highest BCUT2D eigenvalue weighted by Crippen LogP contribution is 2.22. The number of Topliss-reactive ketones (excluding diaryl/α,β-unsaturated/α-hetero) is 1. The summed E-state index contributed by atoms with van der Waals surface area (Å²) in [6.07, 6.45) is 3.35. The molecule has 0 bridgehead atoms. The van der Waals surface area contributed by atoms with Crippen LogP contribution in [0.2, 0.25) is 0 Å². The maximum atomic E-state index is 12.4. The highest BCUT2D eigenvalue weighted by molar-refractivity contribution is 5.79. The molecule has 0 radical (unpaired) electrons. The molecule has 1 heterocycles. The van der Waals surface area contributed by atoms with Gasteiger partial charge in [0.25, 0.3) is 0 Å². The number of methoxy groups -OCH3 is 2. The van der Waals surface area contributed by atoms with E-state index in [0.29, 0.717) is 32.4 Å². The van der Waals surface area contributed by atoms with Crippen molar-refractivity contribution in [3.8, 4) is 0 Å². The molecule has 1 amide bonds. The largest absolute Gasteiger partial charge is 0.383 e. The van der Waals surface area contributed by atoms with Crippen molar-refractivity contribution in [2.24, 2.45) is 5.92 Å². The van der Waals surface area contributed by atoms with E-state index >= 15 is 0 Å². The summed E-state index contributed by atoms with van der Waals surface area (Å²) < 4.78 is 10.6. The van der Waals surface area contributed by atoms with Crippen LogP contribution in [0.4, 0.5) is 0 Å². The molecule has 0 aromatic carbocycles. The lowest BCUT2D eigenvalue weighted by Crippen LogP contribution is -2.38. The maximum absolute atomic E-state index is 12.4. The van der Waals surface area contributed by atoms with E-state index in [2.05, 4.69) is 0 Å². The highest BCUT2D eigenvalue weighted by atomic mass is 16.5. The summed E-state index contributed by atoms with van der Waals surface area (Å²) in [6.45, 7) is 5.11. The zero-order valence-electron chi connectivity index (χ0n) is 13.8. The Balaban J connectivity index is 2.44. The summed E-state index contributed by atoms with van der Waals surface area (Å²) in [7, 11) is 3.34. The van der Waals surface area contributed by atoms with Gasteiger partial charge in [0.15, 0.2) is 0 Å². The summed E-state index contributed by atoms with van der Waals surface area (Å²) in [6, 6.07) is 0.111. The second-order valence-electron chi connectivity index (χ2n) is 5.99. The Morgan fingerprint density at radius 2 is 2.05 bits per heavy atom. The van der Waals surface area contributed by atoms with Crippen LogP contribution in [0.25, 0.3) is 0 Å². The lowest BCUT2D eigenvalue weighted by atomic mass is 9.98. The summed E-state index contributed by atoms with van der Waals surface area (Å²) in [5.41, 5.74) is 0. The predicted octanol–water partition coefficient (Wildman–Crippen LogP) is 2.03. The standard InChI is InChI=1S/C16H29NO4/c1-5-14(18)8-12(2)6-7-16(19)17-10-15(21-4)9-13(17)11-20-3/h12-13,15H,5-11H2,1-4H3/t12?,13-,15+/m0/s1. The number of amides is 1. The normalized spacial score (nSPS) is 23.3. The third-order valence-electron chi connectivity index (χ3n) is 4.21.